The van der Waals surface area contributed by atoms with Gasteiger partial charge in [-0.05, 0) is 25.5 Å². The van der Waals surface area contributed by atoms with Crippen LogP contribution in [0.4, 0.5) is 0 Å². The van der Waals surface area contributed by atoms with Gasteiger partial charge in [0.1, 0.15) is 22.2 Å². The van der Waals surface area contributed by atoms with E-state index in [0.717, 1.165) is 51.9 Å². The fourth-order valence-corrected chi connectivity index (χ4v) is 4.37. The number of hydrogen-bond donors (Lipinski definition) is 0. The number of aryl methyl sites for hydroxylation is 1. The van der Waals surface area contributed by atoms with Gasteiger partial charge in [0.15, 0.2) is 0 Å². The zero-order chi connectivity index (χ0) is 23.0. The van der Waals surface area contributed by atoms with Gasteiger partial charge in [-0.3, -0.25) is 4.79 Å². The second kappa shape index (κ2) is 10.9. The van der Waals surface area contributed by atoms with E-state index in [-0.39, 0.29) is 12.3 Å². The van der Waals surface area contributed by atoms with Gasteiger partial charge in [0, 0.05) is 37.0 Å². The van der Waals surface area contributed by atoms with Crippen molar-refractivity contribution in [3.05, 3.63) is 77.5 Å². The number of aromatic nitrogens is 2. The number of thiazole rings is 1. The van der Waals surface area contributed by atoms with Gasteiger partial charge in [-0.1, -0.05) is 47.6 Å². The maximum absolute atomic E-state index is 12.7. The number of benzene rings is 2. The van der Waals surface area contributed by atoms with Crippen LogP contribution in [0.3, 0.4) is 0 Å². The number of amides is 1. The first-order valence-corrected chi connectivity index (χ1v) is 11.9. The Hall–Kier alpha value is -3.45. The van der Waals surface area contributed by atoms with Crippen LogP contribution >= 0.6 is 11.3 Å². The minimum Gasteiger partial charge on any atom is -0.493 e. The number of ether oxygens (including phenoxy) is 1. The standard InChI is InChI=1S/C26H27N3O3S/c1-3-31-24-14-8-7-13-22(24)26-27-20(18-33-26)16-25(30)29(2)15-9-12-21-17-23(28-32-21)19-10-5-4-6-11-19/h4-8,10-11,13-14,17-18H,3,9,12,15-16H2,1-2H3. The molecule has 33 heavy (non-hydrogen) atoms. The molecule has 7 heteroatoms. The van der Waals surface area contributed by atoms with Gasteiger partial charge in [-0.25, -0.2) is 4.98 Å². The summed E-state index contributed by atoms with van der Waals surface area (Å²) >= 11 is 1.53. The molecule has 4 rings (SSSR count). The van der Waals surface area contributed by atoms with Gasteiger partial charge in [0.05, 0.1) is 24.3 Å². The van der Waals surface area contributed by atoms with Gasteiger partial charge in [-0.15, -0.1) is 11.3 Å². The summed E-state index contributed by atoms with van der Waals surface area (Å²) in [5, 5.41) is 6.96. The van der Waals surface area contributed by atoms with Crippen LogP contribution < -0.4 is 4.74 Å². The van der Waals surface area contributed by atoms with Crippen molar-refractivity contribution in [1.29, 1.82) is 0 Å². The van der Waals surface area contributed by atoms with Crippen LogP contribution in [0.1, 0.15) is 24.8 Å². The van der Waals surface area contributed by atoms with E-state index < -0.39 is 0 Å². The van der Waals surface area contributed by atoms with Crippen LogP contribution in [0.2, 0.25) is 0 Å². The van der Waals surface area contributed by atoms with Gasteiger partial charge in [0.25, 0.3) is 0 Å². The lowest BCUT2D eigenvalue weighted by atomic mass is 10.1. The van der Waals surface area contributed by atoms with Gasteiger partial charge in [-0.2, -0.15) is 0 Å². The summed E-state index contributed by atoms with van der Waals surface area (Å²) in [6.45, 7) is 3.20. The van der Waals surface area contributed by atoms with E-state index in [1.165, 1.54) is 11.3 Å². The predicted octanol–water partition coefficient (Wildman–Crippen LogP) is 5.50. The molecular formula is C26H27N3O3S. The van der Waals surface area contributed by atoms with Crippen molar-refractivity contribution in [2.75, 3.05) is 20.2 Å². The summed E-state index contributed by atoms with van der Waals surface area (Å²) in [6, 6.07) is 19.8. The maximum Gasteiger partial charge on any atom is 0.228 e. The predicted molar refractivity (Wildman–Crippen MR) is 130 cm³/mol. The molecule has 0 aliphatic rings. The minimum atomic E-state index is 0.0486. The third-order valence-electron chi connectivity index (χ3n) is 5.27. The number of carbonyl (C=O) groups is 1. The van der Waals surface area contributed by atoms with Crippen molar-refractivity contribution in [3.8, 4) is 27.6 Å². The Morgan fingerprint density at radius 3 is 2.73 bits per heavy atom. The lowest BCUT2D eigenvalue weighted by Gasteiger charge is -2.16. The quantitative estimate of drug-likeness (QED) is 0.312. The summed E-state index contributed by atoms with van der Waals surface area (Å²) in [6.07, 6.45) is 1.81. The van der Waals surface area contributed by atoms with Crippen LogP contribution in [0, 0.1) is 0 Å². The van der Waals surface area contributed by atoms with Crippen molar-refractivity contribution in [3.63, 3.8) is 0 Å². The van der Waals surface area contributed by atoms with Crippen molar-refractivity contribution in [2.24, 2.45) is 0 Å². The molecule has 0 atom stereocenters. The van der Waals surface area contributed by atoms with E-state index in [2.05, 4.69) is 10.1 Å². The Morgan fingerprint density at radius 1 is 1.12 bits per heavy atom. The van der Waals surface area contributed by atoms with Gasteiger partial charge < -0.3 is 14.2 Å². The maximum atomic E-state index is 12.7. The normalized spacial score (nSPS) is 10.8. The highest BCUT2D eigenvalue weighted by atomic mass is 32.1. The number of likely N-dealkylation sites (N-methyl/N-ethyl adjacent to an activating group) is 1. The molecule has 0 aliphatic carbocycles. The van der Waals surface area contributed by atoms with Crippen molar-refractivity contribution in [1.82, 2.24) is 15.0 Å². The van der Waals surface area contributed by atoms with E-state index in [1.807, 2.05) is 80.0 Å². The van der Waals surface area contributed by atoms with Crippen LogP contribution in [0.15, 0.2) is 70.6 Å². The number of hydrogen-bond acceptors (Lipinski definition) is 6. The lowest BCUT2D eigenvalue weighted by molar-refractivity contribution is -0.129. The zero-order valence-corrected chi connectivity index (χ0v) is 19.7. The Bertz CT molecular complexity index is 1190. The molecule has 170 valence electrons. The average Bonchev–Trinajstić information content (AvgIpc) is 3.50. The van der Waals surface area contributed by atoms with Crippen LogP contribution in [-0.2, 0) is 17.6 Å². The Labute approximate surface area is 197 Å². The summed E-state index contributed by atoms with van der Waals surface area (Å²) < 4.78 is 11.2. The number of nitrogens with zero attached hydrogens (tertiary/aromatic N) is 3. The number of carbonyl (C=O) groups excluding carboxylic acids is 1. The summed E-state index contributed by atoms with van der Waals surface area (Å²) in [4.78, 5) is 19.1. The first-order valence-electron chi connectivity index (χ1n) is 11.1. The molecule has 0 N–H and O–H groups in total. The van der Waals surface area contributed by atoms with Crippen LogP contribution in [0.25, 0.3) is 21.8 Å². The smallest absolute Gasteiger partial charge is 0.228 e. The van der Waals surface area contributed by atoms with Crippen molar-refractivity contribution < 1.29 is 14.1 Å². The summed E-state index contributed by atoms with van der Waals surface area (Å²) in [5.74, 6) is 1.69. The van der Waals surface area contributed by atoms with Crippen LogP contribution in [-0.4, -0.2) is 41.1 Å². The van der Waals surface area contributed by atoms with Crippen molar-refractivity contribution >= 4 is 17.2 Å². The molecule has 0 spiro atoms. The Kier molecular flexibility index (Phi) is 7.52. The second-order valence-corrected chi connectivity index (χ2v) is 8.57. The highest BCUT2D eigenvalue weighted by molar-refractivity contribution is 7.13. The first-order chi connectivity index (χ1) is 16.1. The van der Waals surface area contributed by atoms with Crippen LogP contribution in [0.5, 0.6) is 5.75 Å². The van der Waals surface area contributed by atoms with Gasteiger partial charge in [0.2, 0.25) is 5.91 Å². The number of para-hydroxylation sites is 1. The second-order valence-electron chi connectivity index (χ2n) is 7.71. The molecule has 6 nitrogen and oxygen atoms in total. The molecule has 2 aromatic carbocycles. The molecule has 0 aliphatic heterocycles. The third kappa shape index (κ3) is 5.87. The highest BCUT2D eigenvalue weighted by Gasteiger charge is 2.15. The number of rotatable bonds is 10. The topological polar surface area (TPSA) is 68.5 Å². The molecule has 2 aromatic heterocycles. The molecule has 0 radical (unpaired) electrons. The molecule has 0 fully saturated rings. The summed E-state index contributed by atoms with van der Waals surface area (Å²) in [5.41, 5.74) is 3.60. The molecule has 0 bridgehead atoms. The fraction of sp³-hybridized carbons (Fsp3) is 0.269. The summed E-state index contributed by atoms with van der Waals surface area (Å²) in [7, 11) is 1.83. The molecule has 4 aromatic rings. The Morgan fingerprint density at radius 2 is 1.91 bits per heavy atom. The molecule has 0 saturated carbocycles. The lowest BCUT2D eigenvalue weighted by Crippen LogP contribution is -2.29. The molecule has 0 unspecified atom stereocenters. The van der Waals surface area contributed by atoms with E-state index in [9.17, 15) is 4.79 Å². The van der Waals surface area contributed by atoms with Gasteiger partial charge >= 0.3 is 0 Å². The molecule has 0 saturated heterocycles. The van der Waals surface area contributed by atoms with Crippen molar-refractivity contribution in [2.45, 2.75) is 26.2 Å². The van der Waals surface area contributed by atoms with E-state index in [0.29, 0.717) is 13.2 Å². The molecular weight excluding hydrogens is 434 g/mol. The zero-order valence-electron chi connectivity index (χ0n) is 18.9. The third-order valence-corrected chi connectivity index (χ3v) is 6.20. The molecule has 2 heterocycles. The minimum absolute atomic E-state index is 0.0486. The largest absolute Gasteiger partial charge is 0.493 e. The highest BCUT2D eigenvalue weighted by Crippen LogP contribution is 2.32. The molecule has 1 amide bonds. The monoisotopic (exact) mass is 461 g/mol. The van der Waals surface area contributed by atoms with E-state index in [1.54, 1.807) is 4.90 Å². The first kappa shape index (κ1) is 22.7. The fourth-order valence-electron chi connectivity index (χ4n) is 3.52. The average molecular weight is 462 g/mol. The Balaban J connectivity index is 1.28. The SMILES string of the molecule is CCOc1ccccc1-c1nc(CC(=O)N(C)CCCc2cc(-c3ccccc3)no2)cs1. The van der Waals surface area contributed by atoms with E-state index in [4.69, 9.17) is 9.26 Å². The van der Waals surface area contributed by atoms with E-state index >= 15 is 0 Å².